The highest BCUT2D eigenvalue weighted by Crippen LogP contribution is 2.23. The van der Waals surface area contributed by atoms with Crippen molar-refractivity contribution in [3.63, 3.8) is 0 Å². The lowest BCUT2D eigenvalue weighted by molar-refractivity contribution is 0.0934. The van der Waals surface area contributed by atoms with Crippen LogP contribution in [0.1, 0.15) is 27.8 Å². The Bertz CT molecular complexity index is 1140. The number of aromatic amines is 1. The molecule has 0 aliphatic rings. The second-order valence-corrected chi connectivity index (χ2v) is 7.01. The molecule has 4 rings (SSSR count). The van der Waals surface area contributed by atoms with Crippen molar-refractivity contribution < 1.29 is 13.6 Å². The predicted octanol–water partition coefficient (Wildman–Crippen LogP) is 5.21. The van der Waals surface area contributed by atoms with Crippen LogP contribution in [0.3, 0.4) is 0 Å². The normalized spacial score (nSPS) is 12.1. The summed E-state index contributed by atoms with van der Waals surface area (Å²) < 4.78 is 27.0. The van der Waals surface area contributed by atoms with Gasteiger partial charge in [-0.05, 0) is 36.2 Å². The highest BCUT2D eigenvalue weighted by atomic mass is 35.5. The van der Waals surface area contributed by atoms with Crippen molar-refractivity contribution >= 4 is 28.5 Å². The first-order chi connectivity index (χ1) is 14.0. The standard InChI is InChI=1S/C22H16ClF2N3O/c23-15-12-17(25)16(24)11-14(15)22(29)28-20(10-13-6-2-1-3-7-13)21-26-18-8-4-5-9-19(18)27-21/h1-9,11-12,20H,10H2,(H,26,27)(H,28,29). The van der Waals surface area contributed by atoms with Crippen molar-refractivity contribution in [2.24, 2.45) is 0 Å². The van der Waals surface area contributed by atoms with Crippen molar-refractivity contribution in [3.8, 4) is 0 Å². The number of imidazole rings is 1. The van der Waals surface area contributed by atoms with Crippen LogP contribution in [-0.2, 0) is 6.42 Å². The van der Waals surface area contributed by atoms with Crippen LogP contribution >= 0.6 is 11.6 Å². The van der Waals surface area contributed by atoms with Gasteiger partial charge in [0.1, 0.15) is 5.82 Å². The van der Waals surface area contributed by atoms with Gasteiger partial charge in [0.15, 0.2) is 11.6 Å². The van der Waals surface area contributed by atoms with Crippen LogP contribution in [-0.4, -0.2) is 15.9 Å². The molecule has 1 amide bonds. The molecular formula is C22H16ClF2N3O. The zero-order chi connectivity index (χ0) is 20.4. The van der Waals surface area contributed by atoms with Crippen molar-refractivity contribution in [1.29, 1.82) is 0 Å². The summed E-state index contributed by atoms with van der Waals surface area (Å²) in [5.74, 6) is -2.30. The minimum atomic E-state index is -1.14. The quantitative estimate of drug-likeness (QED) is 0.443. The van der Waals surface area contributed by atoms with Crippen molar-refractivity contribution in [2.75, 3.05) is 0 Å². The van der Waals surface area contributed by atoms with E-state index in [2.05, 4.69) is 15.3 Å². The summed E-state index contributed by atoms with van der Waals surface area (Å²) in [7, 11) is 0. The molecule has 29 heavy (non-hydrogen) atoms. The molecule has 0 saturated carbocycles. The number of para-hydroxylation sites is 2. The maximum atomic E-state index is 13.6. The lowest BCUT2D eigenvalue weighted by Gasteiger charge is -2.17. The Labute approximate surface area is 170 Å². The van der Waals surface area contributed by atoms with Gasteiger partial charge in [0.25, 0.3) is 5.91 Å². The number of carbonyl (C=O) groups is 1. The van der Waals surface area contributed by atoms with Crippen LogP contribution < -0.4 is 5.32 Å². The van der Waals surface area contributed by atoms with Gasteiger partial charge < -0.3 is 10.3 Å². The molecule has 0 spiro atoms. The number of nitrogens with zero attached hydrogens (tertiary/aromatic N) is 1. The maximum absolute atomic E-state index is 13.6. The van der Waals surface area contributed by atoms with E-state index in [0.717, 1.165) is 28.7 Å². The zero-order valence-corrected chi connectivity index (χ0v) is 15.9. The molecule has 0 radical (unpaired) electrons. The van der Waals surface area contributed by atoms with Gasteiger partial charge in [-0.3, -0.25) is 4.79 Å². The lowest BCUT2D eigenvalue weighted by atomic mass is 10.0. The van der Waals surface area contributed by atoms with E-state index in [4.69, 9.17) is 11.6 Å². The van der Waals surface area contributed by atoms with E-state index in [1.807, 2.05) is 54.6 Å². The Morgan fingerprint density at radius 2 is 1.72 bits per heavy atom. The first-order valence-corrected chi connectivity index (χ1v) is 9.33. The zero-order valence-electron chi connectivity index (χ0n) is 15.1. The van der Waals surface area contributed by atoms with Gasteiger partial charge in [-0.2, -0.15) is 0 Å². The van der Waals surface area contributed by atoms with Crippen LogP contribution in [0.5, 0.6) is 0 Å². The lowest BCUT2D eigenvalue weighted by Crippen LogP contribution is -2.31. The number of halogens is 3. The summed E-state index contributed by atoms with van der Waals surface area (Å²) in [5.41, 5.74) is 2.44. The third-order valence-corrected chi connectivity index (χ3v) is 4.89. The topological polar surface area (TPSA) is 57.8 Å². The number of nitrogens with one attached hydrogen (secondary N) is 2. The van der Waals surface area contributed by atoms with Gasteiger partial charge in [0.2, 0.25) is 0 Å². The average Bonchev–Trinajstić information content (AvgIpc) is 3.15. The summed E-state index contributed by atoms with van der Waals surface area (Å²) in [6.45, 7) is 0. The van der Waals surface area contributed by atoms with Gasteiger partial charge in [-0.1, -0.05) is 54.1 Å². The SMILES string of the molecule is O=C(NC(Cc1ccccc1)c1nc2ccccc2[nH]1)c1cc(F)c(F)cc1Cl. The van der Waals surface area contributed by atoms with E-state index in [1.54, 1.807) is 0 Å². The third-order valence-electron chi connectivity index (χ3n) is 4.58. The predicted molar refractivity (Wildman–Crippen MR) is 108 cm³/mol. The van der Waals surface area contributed by atoms with E-state index < -0.39 is 23.6 Å². The summed E-state index contributed by atoms with van der Waals surface area (Å²) in [5, 5.41) is 2.68. The average molecular weight is 412 g/mol. The Hall–Kier alpha value is -3.25. The molecule has 3 aromatic carbocycles. The molecule has 146 valence electrons. The second-order valence-electron chi connectivity index (χ2n) is 6.60. The summed E-state index contributed by atoms with van der Waals surface area (Å²) in [6, 6.07) is 18.2. The van der Waals surface area contributed by atoms with Crippen LogP contribution in [0.4, 0.5) is 8.78 Å². The third kappa shape index (κ3) is 4.12. The Kier molecular flexibility index (Phi) is 5.27. The number of fused-ring (bicyclic) bond motifs is 1. The number of aromatic nitrogens is 2. The fraction of sp³-hybridized carbons (Fsp3) is 0.0909. The molecule has 0 saturated heterocycles. The fourth-order valence-corrected chi connectivity index (χ4v) is 3.37. The molecule has 4 aromatic rings. The molecule has 1 atom stereocenters. The summed E-state index contributed by atoms with van der Waals surface area (Å²) in [6.07, 6.45) is 0.452. The van der Waals surface area contributed by atoms with E-state index in [0.29, 0.717) is 12.2 Å². The van der Waals surface area contributed by atoms with Crippen LogP contribution in [0.2, 0.25) is 5.02 Å². The first kappa shape index (κ1) is 19.1. The Balaban J connectivity index is 1.68. The Morgan fingerprint density at radius 1 is 1.03 bits per heavy atom. The number of rotatable bonds is 5. The van der Waals surface area contributed by atoms with E-state index in [1.165, 1.54) is 0 Å². The first-order valence-electron chi connectivity index (χ1n) is 8.95. The molecule has 4 nitrogen and oxygen atoms in total. The smallest absolute Gasteiger partial charge is 0.253 e. The van der Waals surface area contributed by atoms with Crippen LogP contribution in [0, 0.1) is 11.6 Å². The number of H-pyrrole nitrogens is 1. The number of hydrogen-bond donors (Lipinski definition) is 2. The van der Waals surface area contributed by atoms with Crippen LogP contribution in [0.25, 0.3) is 11.0 Å². The molecular weight excluding hydrogens is 396 g/mol. The largest absolute Gasteiger partial charge is 0.342 e. The number of benzene rings is 3. The monoisotopic (exact) mass is 411 g/mol. The molecule has 0 fully saturated rings. The molecule has 1 heterocycles. The second kappa shape index (κ2) is 8.01. The van der Waals surface area contributed by atoms with Crippen molar-refractivity contribution in [3.05, 3.63) is 100 Å². The molecule has 1 aromatic heterocycles. The summed E-state index contributed by atoms with van der Waals surface area (Å²) >= 11 is 5.96. The summed E-state index contributed by atoms with van der Waals surface area (Å²) in [4.78, 5) is 20.6. The number of carbonyl (C=O) groups excluding carboxylic acids is 1. The molecule has 0 aliphatic heterocycles. The number of hydrogen-bond acceptors (Lipinski definition) is 2. The van der Waals surface area contributed by atoms with Gasteiger partial charge in [-0.15, -0.1) is 0 Å². The molecule has 0 bridgehead atoms. The van der Waals surface area contributed by atoms with E-state index in [9.17, 15) is 13.6 Å². The minimum absolute atomic E-state index is 0.139. The van der Waals surface area contributed by atoms with Crippen molar-refractivity contribution in [2.45, 2.75) is 12.5 Å². The maximum Gasteiger partial charge on any atom is 0.253 e. The highest BCUT2D eigenvalue weighted by molar-refractivity contribution is 6.33. The molecule has 7 heteroatoms. The molecule has 0 aliphatic carbocycles. The highest BCUT2D eigenvalue weighted by Gasteiger charge is 2.22. The molecule has 2 N–H and O–H groups in total. The van der Waals surface area contributed by atoms with E-state index >= 15 is 0 Å². The Morgan fingerprint density at radius 3 is 2.48 bits per heavy atom. The van der Waals surface area contributed by atoms with E-state index in [-0.39, 0.29) is 10.6 Å². The van der Waals surface area contributed by atoms with Crippen molar-refractivity contribution in [1.82, 2.24) is 15.3 Å². The van der Waals surface area contributed by atoms with Gasteiger partial charge in [-0.25, -0.2) is 13.8 Å². The minimum Gasteiger partial charge on any atom is -0.342 e. The van der Waals surface area contributed by atoms with Gasteiger partial charge in [0, 0.05) is 0 Å². The number of amides is 1. The van der Waals surface area contributed by atoms with Gasteiger partial charge >= 0.3 is 0 Å². The van der Waals surface area contributed by atoms with Gasteiger partial charge in [0.05, 0.1) is 27.7 Å². The molecule has 1 unspecified atom stereocenters. The fourth-order valence-electron chi connectivity index (χ4n) is 3.14. The van der Waals surface area contributed by atoms with Crippen LogP contribution in [0.15, 0.2) is 66.7 Å².